The first-order valence-electron chi connectivity index (χ1n) is 8.76. The van der Waals surface area contributed by atoms with Crippen LogP contribution in [0, 0.1) is 0 Å². The van der Waals surface area contributed by atoms with E-state index in [1.165, 1.54) is 0 Å². The van der Waals surface area contributed by atoms with E-state index in [4.69, 9.17) is 4.42 Å². The molecular formula is C22H19N3O2. The first-order chi connectivity index (χ1) is 13.3. The third-order valence-corrected chi connectivity index (χ3v) is 4.41. The molecule has 5 nitrogen and oxygen atoms in total. The van der Waals surface area contributed by atoms with Gasteiger partial charge in [0.1, 0.15) is 0 Å². The summed E-state index contributed by atoms with van der Waals surface area (Å²) in [6.45, 7) is 1.08. The number of carbonyl (C=O) groups is 1. The quantitative estimate of drug-likeness (QED) is 0.565. The van der Waals surface area contributed by atoms with Gasteiger partial charge in [0.05, 0.1) is 12.8 Å². The van der Waals surface area contributed by atoms with E-state index in [2.05, 4.69) is 10.4 Å². The topological polar surface area (TPSA) is 60.1 Å². The van der Waals surface area contributed by atoms with Gasteiger partial charge in [-0.1, -0.05) is 54.6 Å². The Morgan fingerprint density at radius 2 is 1.74 bits per heavy atom. The van der Waals surface area contributed by atoms with E-state index in [1.54, 1.807) is 12.5 Å². The van der Waals surface area contributed by atoms with Crippen molar-refractivity contribution in [2.24, 2.45) is 0 Å². The minimum atomic E-state index is -0.229. The van der Waals surface area contributed by atoms with Gasteiger partial charge >= 0.3 is 0 Å². The van der Waals surface area contributed by atoms with Crippen molar-refractivity contribution in [2.45, 2.75) is 13.1 Å². The molecule has 0 aliphatic heterocycles. The third-order valence-electron chi connectivity index (χ3n) is 4.41. The summed E-state index contributed by atoms with van der Waals surface area (Å²) in [6.07, 6.45) is 5.22. The van der Waals surface area contributed by atoms with Crippen molar-refractivity contribution in [1.82, 2.24) is 15.1 Å². The van der Waals surface area contributed by atoms with Gasteiger partial charge in [-0.3, -0.25) is 9.48 Å². The summed E-state index contributed by atoms with van der Waals surface area (Å²) in [6, 6.07) is 21.5. The molecule has 0 radical (unpaired) electrons. The van der Waals surface area contributed by atoms with Gasteiger partial charge in [-0.05, 0) is 28.8 Å². The summed E-state index contributed by atoms with van der Waals surface area (Å²) < 4.78 is 7.32. The Bertz CT molecular complexity index is 1020. The number of nitrogens with zero attached hydrogens (tertiary/aromatic N) is 2. The van der Waals surface area contributed by atoms with Crippen molar-refractivity contribution >= 4 is 5.91 Å². The summed E-state index contributed by atoms with van der Waals surface area (Å²) in [5, 5.41) is 7.22. The van der Waals surface area contributed by atoms with Crippen LogP contribution in [0.15, 0.2) is 89.8 Å². The molecule has 0 saturated carbocycles. The number of hydrogen-bond acceptors (Lipinski definition) is 3. The fourth-order valence-corrected chi connectivity index (χ4v) is 3.04. The number of benzene rings is 2. The predicted octanol–water partition coefficient (Wildman–Crippen LogP) is 4.12. The van der Waals surface area contributed by atoms with E-state index >= 15 is 0 Å². The first kappa shape index (κ1) is 16.8. The van der Waals surface area contributed by atoms with Crippen LogP contribution in [0.2, 0.25) is 0 Å². The van der Waals surface area contributed by atoms with Crippen LogP contribution >= 0.6 is 0 Å². The van der Waals surface area contributed by atoms with Gasteiger partial charge in [0.15, 0.2) is 5.76 Å². The zero-order chi connectivity index (χ0) is 18.5. The Morgan fingerprint density at radius 3 is 2.52 bits per heavy atom. The maximum absolute atomic E-state index is 12.7. The molecule has 0 aliphatic rings. The van der Waals surface area contributed by atoms with Gasteiger partial charge < -0.3 is 9.73 Å². The largest absolute Gasteiger partial charge is 0.459 e. The van der Waals surface area contributed by atoms with Gasteiger partial charge in [0, 0.05) is 24.5 Å². The molecule has 4 rings (SSSR count). The van der Waals surface area contributed by atoms with Crippen molar-refractivity contribution < 1.29 is 9.21 Å². The lowest BCUT2D eigenvalue weighted by Gasteiger charge is -2.11. The van der Waals surface area contributed by atoms with Crippen LogP contribution in [0.1, 0.15) is 21.7 Å². The SMILES string of the molecule is O=C(NCc1ccccc1Cn1cccn1)c1occc1-c1ccccc1. The summed E-state index contributed by atoms with van der Waals surface area (Å²) in [7, 11) is 0. The van der Waals surface area contributed by atoms with E-state index in [-0.39, 0.29) is 5.91 Å². The van der Waals surface area contributed by atoms with E-state index < -0.39 is 0 Å². The standard InChI is InChI=1S/C22H19N3O2/c26-22(21-20(11-14-27-21)17-7-2-1-3-8-17)23-15-18-9-4-5-10-19(18)16-25-13-6-12-24-25/h1-14H,15-16H2,(H,23,26). The molecule has 2 aromatic heterocycles. The van der Waals surface area contributed by atoms with Gasteiger partial charge in [0.25, 0.3) is 5.91 Å². The Hall–Kier alpha value is -3.60. The summed E-state index contributed by atoms with van der Waals surface area (Å²) >= 11 is 0. The van der Waals surface area contributed by atoms with Crippen LogP contribution in [0.4, 0.5) is 0 Å². The Balaban J connectivity index is 1.49. The van der Waals surface area contributed by atoms with Crippen LogP contribution in [-0.4, -0.2) is 15.7 Å². The minimum absolute atomic E-state index is 0.229. The molecular weight excluding hydrogens is 338 g/mol. The van der Waals surface area contributed by atoms with E-state index in [1.807, 2.05) is 77.6 Å². The normalized spacial score (nSPS) is 10.7. The molecule has 4 aromatic rings. The molecule has 0 atom stereocenters. The molecule has 0 saturated heterocycles. The molecule has 27 heavy (non-hydrogen) atoms. The highest BCUT2D eigenvalue weighted by Gasteiger charge is 2.16. The zero-order valence-corrected chi connectivity index (χ0v) is 14.7. The molecule has 2 aromatic carbocycles. The maximum atomic E-state index is 12.7. The average Bonchev–Trinajstić information content (AvgIpc) is 3.40. The summed E-state index contributed by atoms with van der Waals surface area (Å²) in [4.78, 5) is 12.7. The number of hydrogen-bond donors (Lipinski definition) is 1. The highest BCUT2D eigenvalue weighted by molar-refractivity contribution is 5.98. The lowest BCUT2D eigenvalue weighted by Crippen LogP contribution is -2.23. The van der Waals surface area contributed by atoms with E-state index in [9.17, 15) is 4.79 Å². The predicted molar refractivity (Wildman–Crippen MR) is 103 cm³/mol. The molecule has 0 fully saturated rings. The molecule has 134 valence electrons. The highest BCUT2D eigenvalue weighted by atomic mass is 16.3. The zero-order valence-electron chi connectivity index (χ0n) is 14.7. The molecule has 1 amide bonds. The van der Waals surface area contributed by atoms with E-state index in [0.717, 1.165) is 22.3 Å². The Kier molecular flexibility index (Phi) is 4.83. The van der Waals surface area contributed by atoms with Crippen LogP contribution in [-0.2, 0) is 13.1 Å². The number of furan rings is 1. The van der Waals surface area contributed by atoms with Crippen LogP contribution in [0.3, 0.4) is 0 Å². The van der Waals surface area contributed by atoms with Gasteiger partial charge in [-0.2, -0.15) is 5.10 Å². The lowest BCUT2D eigenvalue weighted by atomic mass is 10.1. The van der Waals surface area contributed by atoms with Gasteiger partial charge in [-0.15, -0.1) is 0 Å². The minimum Gasteiger partial charge on any atom is -0.459 e. The average molecular weight is 357 g/mol. The maximum Gasteiger partial charge on any atom is 0.287 e. The third kappa shape index (κ3) is 3.82. The highest BCUT2D eigenvalue weighted by Crippen LogP contribution is 2.24. The van der Waals surface area contributed by atoms with Crippen molar-refractivity contribution in [2.75, 3.05) is 0 Å². The van der Waals surface area contributed by atoms with Crippen LogP contribution in [0.5, 0.6) is 0 Å². The Morgan fingerprint density at radius 1 is 0.963 bits per heavy atom. The number of rotatable bonds is 6. The number of carbonyl (C=O) groups excluding carboxylic acids is 1. The smallest absolute Gasteiger partial charge is 0.287 e. The summed E-state index contributed by atoms with van der Waals surface area (Å²) in [5.74, 6) is 0.0958. The second-order valence-electron chi connectivity index (χ2n) is 6.18. The molecule has 0 unspecified atom stereocenters. The van der Waals surface area contributed by atoms with Crippen molar-refractivity contribution in [3.05, 3.63) is 102 Å². The van der Waals surface area contributed by atoms with Gasteiger partial charge in [0.2, 0.25) is 0 Å². The molecule has 0 spiro atoms. The first-order valence-corrected chi connectivity index (χ1v) is 8.76. The Labute approximate surface area is 157 Å². The fraction of sp³-hybridized carbons (Fsp3) is 0.0909. The number of nitrogens with one attached hydrogen (secondary N) is 1. The van der Waals surface area contributed by atoms with E-state index in [0.29, 0.717) is 18.8 Å². The van der Waals surface area contributed by atoms with Crippen LogP contribution in [0.25, 0.3) is 11.1 Å². The second kappa shape index (κ2) is 7.74. The second-order valence-corrected chi connectivity index (χ2v) is 6.18. The molecule has 0 aliphatic carbocycles. The van der Waals surface area contributed by atoms with Crippen molar-refractivity contribution in [3.63, 3.8) is 0 Å². The van der Waals surface area contributed by atoms with Crippen LogP contribution < -0.4 is 5.32 Å². The lowest BCUT2D eigenvalue weighted by molar-refractivity contribution is 0.0924. The fourth-order valence-electron chi connectivity index (χ4n) is 3.04. The molecule has 1 N–H and O–H groups in total. The molecule has 2 heterocycles. The molecule has 0 bridgehead atoms. The number of amides is 1. The van der Waals surface area contributed by atoms with Crippen molar-refractivity contribution in [1.29, 1.82) is 0 Å². The number of aromatic nitrogens is 2. The molecule has 5 heteroatoms. The summed E-state index contributed by atoms with van der Waals surface area (Å²) in [5.41, 5.74) is 3.91. The van der Waals surface area contributed by atoms with Crippen molar-refractivity contribution in [3.8, 4) is 11.1 Å². The van der Waals surface area contributed by atoms with Gasteiger partial charge in [-0.25, -0.2) is 0 Å². The monoisotopic (exact) mass is 357 g/mol.